The van der Waals surface area contributed by atoms with Crippen LogP contribution in [0.25, 0.3) is 0 Å². The van der Waals surface area contributed by atoms with Crippen LogP contribution in [0.15, 0.2) is 23.4 Å². The molecule has 0 saturated heterocycles. The Morgan fingerprint density at radius 2 is 2.36 bits per heavy atom. The highest BCUT2D eigenvalue weighted by atomic mass is 16.6. The Kier molecular flexibility index (Phi) is 2.26. The third-order valence-corrected chi connectivity index (χ3v) is 2.11. The topological polar surface area (TPSA) is 56.8 Å². The van der Waals surface area contributed by atoms with Crippen molar-refractivity contribution in [2.24, 2.45) is 5.16 Å². The minimum Gasteiger partial charge on any atom is -0.492 e. The summed E-state index contributed by atoms with van der Waals surface area (Å²) in [7, 11) is 1.54. The van der Waals surface area contributed by atoms with Gasteiger partial charge in [0.15, 0.2) is 0 Å². The SMILES string of the molecule is CO/N=C1/CCOc2ccc(N)cc21. The Morgan fingerprint density at radius 1 is 1.50 bits per heavy atom. The number of nitrogen functional groups attached to an aromatic ring is 1. The predicted molar refractivity (Wildman–Crippen MR) is 54.5 cm³/mol. The maximum atomic E-state index is 5.69. The molecule has 1 heterocycles. The van der Waals surface area contributed by atoms with E-state index in [1.165, 1.54) is 7.11 Å². The second kappa shape index (κ2) is 3.57. The molecule has 4 heteroatoms. The van der Waals surface area contributed by atoms with Gasteiger partial charge in [-0.15, -0.1) is 0 Å². The largest absolute Gasteiger partial charge is 0.492 e. The van der Waals surface area contributed by atoms with E-state index in [0.29, 0.717) is 12.3 Å². The van der Waals surface area contributed by atoms with Crippen LogP contribution in [0.5, 0.6) is 5.75 Å². The average Bonchev–Trinajstić information content (AvgIpc) is 2.19. The fraction of sp³-hybridized carbons (Fsp3) is 0.300. The first-order valence-electron chi connectivity index (χ1n) is 4.44. The number of benzene rings is 1. The molecule has 1 aliphatic heterocycles. The minimum atomic E-state index is 0.638. The summed E-state index contributed by atoms with van der Waals surface area (Å²) in [5.74, 6) is 0.821. The quantitative estimate of drug-likeness (QED) is 0.540. The first-order valence-corrected chi connectivity index (χ1v) is 4.44. The number of anilines is 1. The summed E-state index contributed by atoms with van der Waals surface area (Å²) in [4.78, 5) is 4.77. The van der Waals surface area contributed by atoms with Crippen molar-refractivity contribution >= 4 is 11.4 Å². The summed E-state index contributed by atoms with van der Waals surface area (Å²) < 4.78 is 5.46. The van der Waals surface area contributed by atoms with E-state index in [1.807, 2.05) is 18.2 Å². The van der Waals surface area contributed by atoms with E-state index >= 15 is 0 Å². The Bertz CT molecular complexity index is 374. The molecule has 1 aromatic carbocycles. The molecular formula is C10H12N2O2. The van der Waals surface area contributed by atoms with E-state index in [0.717, 1.165) is 23.4 Å². The molecule has 2 N–H and O–H groups in total. The van der Waals surface area contributed by atoms with Gasteiger partial charge in [-0.2, -0.15) is 0 Å². The number of hydrogen-bond donors (Lipinski definition) is 1. The van der Waals surface area contributed by atoms with E-state index in [1.54, 1.807) is 0 Å². The van der Waals surface area contributed by atoms with Crippen LogP contribution in [0.3, 0.4) is 0 Å². The van der Waals surface area contributed by atoms with Crippen LogP contribution in [0, 0.1) is 0 Å². The molecule has 74 valence electrons. The lowest BCUT2D eigenvalue weighted by Crippen LogP contribution is -2.16. The Morgan fingerprint density at radius 3 is 3.14 bits per heavy atom. The first-order chi connectivity index (χ1) is 6.81. The van der Waals surface area contributed by atoms with Gasteiger partial charge in [-0.3, -0.25) is 0 Å². The summed E-state index contributed by atoms with van der Waals surface area (Å²) >= 11 is 0. The predicted octanol–water partition coefficient (Wildman–Crippen LogP) is 1.40. The lowest BCUT2D eigenvalue weighted by molar-refractivity contribution is 0.210. The molecule has 0 atom stereocenters. The Balaban J connectivity index is 2.47. The zero-order valence-corrected chi connectivity index (χ0v) is 7.99. The van der Waals surface area contributed by atoms with Crippen molar-refractivity contribution in [2.45, 2.75) is 6.42 Å². The van der Waals surface area contributed by atoms with E-state index in [9.17, 15) is 0 Å². The van der Waals surface area contributed by atoms with Gasteiger partial charge in [0.1, 0.15) is 12.9 Å². The molecule has 0 aromatic heterocycles. The summed E-state index contributed by atoms with van der Waals surface area (Å²) in [6.07, 6.45) is 0.754. The number of oxime groups is 1. The first kappa shape index (κ1) is 8.87. The molecule has 1 aliphatic rings. The zero-order chi connectivity index (χ0) is 9.97. The molecule has 0 unspecified atom stereocenters. The van der Waals surface area contributed by atoms with Gasteiger partial charge >= 0.3 is 0 Å². The molecule has 0 fully saturated rings. The second-order valence-corrected chi connectivity index (χ2v) is 3.07. The van der Waals surface area contributed by atoms with Crippen molar-refractivity contribution in [1.29, 1.82) is 0 Å². The molecule has 2 rings (SSSR count). The van der Waals surface area contributed by atoms with Gasteiger partial charge in [0.05, 0.1) is 12.3 Å². The van der Waals surface area contributed by atoms with E-state index in [2.05, 4.69) is 5.16 Å². The van der Waals surface area contributed by atoms with E-state index in [-0.39, 0.29) is 0 Å². The zero-order valence-electron chi connectivity index (χ0n) is 7.99. The van der Waals surface area contributed by atoms with Crippen LogP contribution in [0.4, 0.5) is 5.69 Å². The summed E-state index contributed by atoms with van der Waals surface area (Å²) in [6, 6.07) is 5.52. The molecule has 0 bridgehead atoms. The molecule has 4 nitrogen and oxygen atoms in total. The van der Waals surface area contributed by atoms with Gasteiger partial charge in [-0.05, 0) is 18.2 Å². The lowest BCUT2D eigenvalue weighted by Gasteiger charge is -2.18. The smallest absolute Gasteiger partial charge is 0.128 e. The van der Waals surface area contributed by atoms with Gasteiger partial charge in [0.2, 0.25) is 0 Å². The Hall–Kier alpha value is -1.71. The highest BCUT2D eigenvalue weighted by Crippen LogP contribution is 2.26. The third-order valence-electron chi connectivity index (χ3n) is 2.11. The fourth-order valence-corrected chi connectivity index (χ4v) is 1.50. The monoisotopic (exact) mass is 192 g/mol. The van der Waals surface area contributed by atoms with Crippen molar-refractivity contribution in [1.82, 2.24) is 0 Å². The highest BCUT2D eigenvalue weighted by Gasteiger charge is 2.17. The maximum absolute atomic E-state index is 5.69. The van der Waals surface area contributed by atoms with Gasteiger partial charge in [-0.25, -0.2) is 0 Å². The number of nitrogens with zero attached hydrogens (tertiary/aromatic N) is 1. The van der Waals surface area contributed by atoms with Crippen molar-refractivity contribution in [2.75, 3.05) is 19.5 Å². The number of nitrogens with two attached hydrogens (primary N) is 1. The van der Waals surface area contributed by atoms with Crippen molar-refractivity contribution < 1.29 is 9.57 Å². The third kappa shape index (κ3) is 1.51. The van der Waals surface area contributed by atoms with Crippen LogP contribution in [-0.4, -0.2) is 19.4 Å². The fourth-order valence-electron chi connectivity index (χ4n) is 1.50. The lowest BCUT2D eigenvalue weighted by atomic mass is 10.0. The van der Waals surface area contributed by atoms with Crippen LogP contribution >= 0.6 is 0 Å². The van der Waals surface area contributed by atoms with Gasteiger partial charge in [-0.1, -0.05) is 5.16 Å². The van der Waals surface area contributed by atoms with Gasteiger partial charge in [0.25, 0.3) is 0 Å². The molecule has 0 aliphatic carbocycles. The molecule has 0 radical (unpaired) electrons. The van der Waals surface area contributed by atoms with E-state index in [4.69, 9.17) is 15.3 Å². The summed E-state index contributed by atoms with van der Waals surface area (Å²) in [6.45, 7) is 0.638. The second-order valence-electron chi connectivity index (χ2n) is 3.07. The van der Waals surface area contributed by atoms with Crippen LogP contribution in [0.1, 0.15) is 12.0 Å². The van der Waals surface area contributed by atoms with Gasteiger partial charge < -0.3 is 15.3 Å². The minimum absolute atomic E-state index is 0.638. The number of hydrogen-bond acceptors (Lipinski definition) is 4. The maximum Gasteiger partial charge on any atom is 0.128 e. The number of fused-ring (bicyclic) bond motifs is 1. The van der Waals surface area contributed by atoms with E-state index < -0.39 is 0 Å². The molecular weight excluding hydrogens is 180 g/mol. The molecule has 0 spiro atoms. The number of rotatable bonds is 1. The highest BCUT2D eigenvalue weighted by molar-refractivity contribution is 6.04. The van der Waals surface area contributed by atoms with Crippen LogP contribution < -0.4 is 10.5 Å². The van der Waals surface area contributed by atoms with Crippen LogP contribution in [-0.2, 0) is 4.84 Å². The van der Waals surface area contributed by atoms with Crippen molar-refractivity contribution in [3.8, 4) is 5.75 Å². The van der Waals surface area contributed by atoms with Crippen molar-refractivity contribution in [3.05, 3.63) is 23.8 Å². The summed E-state index contributed by atoms with van der Waals surface area (Å²) in [5, 5.41) is 3.95. The Labute approximate surface area is 82.3 Å². The molecule has 0 amide bonds. The average molecular weight is 192 g/mol. The van der Waals surface area contributed by atoms with Crippen LogP contribution in [0.2, 0.25) is 0 Å². The molecule has 0 saturated carbocycles. The molecule has 14 heavy (non-hydrogen) atoms. The summed E-state index contributed by atoms with van der Waals surface area (Å²) in [5.41, 5.74) is 8.21. The normalized spacial score (nSPS) is 17.4. The molecule has 1 aromatic rings. The number of ether oxygens (including phenoxy) is 1. The standard InChI is InChI=1S/C10H12N2O2/c1-13-12-9-4-5-14-10-3-2-7(11)6-8(9)10/h2-3,6H,4-5,11H2,1H3/b12-9-. The van der Waals surface area contributed by atoms with Crippen molar-refractivity contribution in [3.63, 3.8) is 0 Å². The van der Waals surface area contributed by atoms with Gasteiger partial charge in [0, 0.05) is 17.7 Å².